The van der Waals surface area contributed by atoms with E-state index in [1.54, 1.807) is 6.92 Å². The van der Waals surface area contributed by atoms with E-state index in [0.717, 1.165) is 16.9 Å². The quantitative estimate of drug-likeness (QED) is 0.791. The van der Waals surface area contributed by atoms with Crippen LogP contribution in [0.1, 0.15) is 31.9 Å². The van der Waals surface area contributed by atoms with Crippen molar-refractivity contribution in [3.8, 4) is 11.5 Å². The van der Waals surface area contributed by atoms with Crippen LogP contribution in [0.5, 0.6) is 11.5 Å². The van der Waals surface area contributed by atoms with E-state index in [9.17, 15) is 4.79 Å². The molecule has 0 spiro atoms. The number of benzene rings is 2. The summed E-state index contributed by atoms with van der Waals surface area (Å²) in [7, 11) is 0. The first-order chi connectivity index (χ1) is 11.9. The Labute approximate surface area is 150 Å². The van der Waals surface area contributed by atoms with Crippen LogP contribution < -0.4 is 14.8 Å². The normalized spacial score (nSPS) is 11.9. The van der Waals surface area contributed by atoms with Crippen molar-refractivity contribution in [1.82, 2.24) is 0 Å². The van der Waals surface area contributed by atoms with Gasteiger partial charge in [0, 0.05) is 0 Å². The monoisotopic (exact) mass is 341 g/mol. The lowest BCUT2D eigenvalue weighted by Gasteiger charge is -2.18. The van der Waals surface area contributed by atoms with Gasteiger partial charge in [0.15, 0.2) is 6.10 Å². The third kappa shape index (κ3) is 5.52. The zero-order valence-electron chi connectivity index (χ0n) is 15.6. The van der Waals surface area contributed by atoms with Gasteiger partial charge in [0.2, 0.25) is 0 Å². The molecular weight excluding hydrogens is 314 g/mol. The number of rotatable bonds is 7. The summed E-state index contributed by atoms with van der Waals surface area (Å²) < 4.78 is 11.6. The van der Waals surface area contributed by atoms with Crippen LogP contribution in [-0.4, -0.2) is 18.6 Å². The summed E-state index contributed by atoms with van der Waals surface area (Å²) in [5.74, 6) is 1.60. The van der Waals surface area contributed by atoms with Crippen molar-refractivity contribution in [1.29, 1.82) is 0 Å². The van der Waals surface area contributed by atoms with Crippen LogP contribution >= 0.6 is 0 Å². The molecule has 0 aromatic heterocycles. The number of anilines is 1. The van der Waals surface area contributed by atoms with Crippen LogP contribution in [0.25, 0.3) is 0 Å². The molecule has 1 N–H and O–H groups in total. The van der Waals surface area contributed by atoms with Gasteiger partial charge in [0.25, 0.3) is 5.91 Å². The van der Waals surface area contributed by atoms with E-state index in [2.05, 4.69) is 19.2 Å². The third-order valence-electron chi connectivity index (χ3n) is 3.73. The van der Waals surface area contributed by atoms with Gasteiger partial charge in [-0.25, -0.2) is 0 Å². The molecule has 0 aliphatic heterocycles. The number of aryl methyl sites for hydroxylation is 2. The average molecular weight is 341 g/mol. The summed E-state index contributed by atoms with van der Waals surface area (Å²) in [5, 5.41) is 2.90. The highest BCUT2D eigenvalue weighted by Gasteiger charge is 2.17. The molecule has 2 aromatic rings. The van der Waals surface area contributed by atoms with E-state index < -0.39 is 6.10 Å². The second kappa shape index (κ2) is 8.56. The van der Waals surface area contributed by atoms with Crippen LogP contribution in [0.2, 0.25) is 0 Å². The second-order valence-corrected chi connectivity index (χ2v) is 6.72. The van der Waals surface area contributed by atoms with Crippen LogP contribution in [0.4, 0.5) is 5.69 Å². The van der Waals surface area contributed by atoms with Crippen molar-refractivity contribution in [3.05, 3.63) is 53.6 Å². The van der Waals surface area contributed by atoms with Crippen molar-refractivity contribution in [2.24, 2.45) is 5.92 Å². The van der Waals surface area contributed by atoms with Gasteiger partial charge in [-0.2, -0.15) is 0 Å². The molecule has 0 aliphatic rings. The third-order valence-corrected chi connectivity index (χ3v) is 3.73. The lowest BCUT2D eigenvalue weighted by Crippen LogP contribution is -2.30. The van der Waals surface area contributed by atoms with Gasteiger partial charge in [0.05, 0.1) is 12.3 Å². The minimum Gasteiger partial charge on any atom is -0.491 e. The predicted molar refractivity (Wildman–Crippen MR) is 101 cm³/mol. The van der Waals surface area contributed by atoms with Crippen LogP contribution in [0.15, 0.2) is 42.5 Å². The number of nitrogens with one attached hydrogen (secondary N) is 1. The summed E-state index contributed by atoms with van der Waals surface area (Å²) in [6.07, 6.45) is -0.612. The maximum Gasteiger partial charge on any atom is 0.265 e. The highest BCUT2D eigenvalue weighted by atomic mass is 16.5. The molecule has 0 fully saturated rings. The first-order valence-electron chi connectivity index (χ1n) is 8.63. The molecule has 0 heterocycles. The summed E-state index contributed by atoms with van der Waals surface area (Å²) in [6.45, 7) is 10.5. The molecule has 134 valence electrons. The number of carbonyl (C=O) groups is 1. The Hall–Kier alpha value is -2.49. The Morgan fingerprint density at radius 3 is 2.48 bits per heavy atom. The number of para-hydroxylation sites is 2. The fourth-order valence-corrected chi connectivity index (χ4v) is 2.26. The zero-order chi connectivity index (χ0) is 18.4. The van der Waals surface area contributed by atoms with Gasteiger partial charge in [-0.3, -0.25) is 4.79 Å². The first-order valence-corrected chi connectivity index (χ1v) is 8.63. The molecular formula is C21H27NO3. The van der Waals surface area contributed by atoms with Crippen molar-refractivity contribution < 1.29 is 14.3 Å². The Morgan fingerprint density at radius 2 is 1.76 bits per heavy atom. The van der Waals surface area contributed by atoms with E-state index in [-0.39, 0.29) is 5.91 Å². The maximum absolute atomic E-state index is 12.5. The fourth-order valence-electron chi connectivity index (χ4n) is 2.26. The fraction of sp³-hybridized carbons (Fsp3) is 0.381. The van der Waals surface area contributed by atoms with E-state index in [1.165, 1.54) is 0 Å². The number of hydrogen-bond donors (Lipinski definition) is 1. The lowest BCUT2D eigenvalue weighted by molar-refractivity contribution is -0.122. The Morgan fingerprint density at radius 1 is 1.04 bits per heavy atom. The van der Waals surface area contributed by atoms with E-state index in [0.29, 0.717) is 24.0 Å². The average Bonchev–Trinajstić information content (AvgIpc) is 2.57. The SMILES string of the molecule is Cc1ccc(C)c(OC(C)C(=O)Nc2ccccc2OCC(C)C)c1. The summed E-state index contributed by atoms with van der Waals surface area (Å²) in [4.78, 5) is 12.5. The van der Waals surface area contributed by atoms with Gasteiger partial charge < -0.3 is 14.8 Å². The highest BCUT2D eigenvalue weighted by Crippen LogP contribution is 2.25. The molecule has 1 unspecified atom stereocenters. The molecule has 0 aliphatic carbocycles. The van der Waals surface area contributed by atoms with Gasteiger partial charge in [0.1, 0.15) is 11.5 Å². The molecule has 4 heteroatoms. The molecule has 0 radical (unpaired) electrons. The number of amides is 1. The Bertz CT molecular complexity index is 725. The molecule has 1 amide bonds. The second-order valence-electron chi connectivity index (χ2n) is 6.72. The predicted octanol–water partition coefficient (Wildman–Crippen LogP) is 4.74. The maximum atomic E-state index is 12.5. The molecule has 2 aromatic carbocycles. The molecule has 0 saturated heterocycles. The van der Waals surface area contributed by atoms with Crippen LogP contribution in [-0.2, 0) is 4.79 Å². The highest BCUT2D eigenvalue weighted by molar-refractivity contribution is 5.95. The smallest absolute Gasteiger partial charge is 0.265 e. The van der Waals surface area contributed by atoms with Crippen LogP contribution in [0, 0.1) is 19.8 Å². The first kappa shape index (κ1) is 18.8. The van der Waals surface area contributed by atoms with Crippen molar-refractivity contribution in [2.45, 2.75) is 40.7 Å². The molecule has 0 saturated carbocycles. The summed E-state index contributed by atoms with van der Waals surface area (Å²) >= 11 is 0. The minimum atomic E-state index is -0.612. The Balaban J connectivity index is 2.05. The molecule has 0 bridgehead atoms. The Kier molecular flexibility index (Phi) is 6.45. The summed E-state index contributed by atoms with van der Waals surface area (Å²) in [5.41, 5.74) is 2.76. The number of hydrogen-bond acceptors (Lipinski definition) is 3. The zero-order valence-corrected chi connectivity index (χ0v) is 15.6. The topological polar surface area (TPSA) is 47.6 Å². The minimum absolute atomic E-state index is 0.207. The molecule has 4 nitrogen and oxygen atoms in total. The van der Waals surface area contributed by atoms with E-state index in [1.807, 2.05) is 56.3 Å². The van der Waals surface area contributed by atoms with Crippen molar-refractivity contribution >= 4 is 11.6 Å². The number of ether oxygens (including phenoxy) is 2. The lowest BCUT2D eigenvalue weighted by atomic mass is 10.1. The van der Waals surface area contributed by atoms with Gasteiger partial charge in [-0.1, -0.05) is 38.1 Å². The van der Waals surface area contributed by atoms with E-state index >= 15 is 0 Å². The number of carbonyl (C=O) groups excluding carboxylic acids is 1. The molecule has 1 atom stereocenters. The van der Waals surface area contributed by atoms with Crippen molar-refractivity contribution in [3.63, 3.8) is 0 Å². The van der Waals surface area contributed by atoms with E-state index in [4.69, 9.17) is 9.47 Å². The van der Waals surface area contributed by atoms with Gasteiger partial charge in [-0.15, -0.1) is 0 Å². The molecule has 2 rings (SSSR count). The largest absolute Gasteiger partial charge is 0.491 e. The van der Waals surface area contributed by atoms with Gasteiger partial charge >= 0.3 is 0 Å². The molecule has 25 heavy (non-hydrogen) atoms. The van der Waals surface area contributed by atoms with Gasteiger partial charge in [-0.05, 0) is 56.0 Å². The van der Waals surface area contributed by atoms with Crippen molar-refractivity contribution in [2.75, 3.05) is 11.9 Å². The standard InChI is InChI=1S/C21H27NO3/c1-14(2)13-24-19-9-7-6-8-18(19)22-21(23)17(5)25-20-12-15(3)10-11-16(20)4/h6-12,14,17H,13H2,1-5H3,(H,22,23). The van der Waals surface area contributed by atoms with Crippen LogP contribution in [0.3, 0.4) is 0 Å². The summed E-state index contributed by atoms with van der Waals surface area (Å²) in [6, 6.07) is 13.4.